The molecule has 2 amide bonds. The lowest BCUT2D eigenvalue weighted by Crippen LogP contribution is -2.48. The van der Waals surface area contributed by atoms with Gasteiger partial charge in [-0.2, -0.15) is 5.10 Å². The number of nitrogens with one attached hydrogen (secondary N) is 1. The maximum atomic E-state index is 12.6. The highest BCUT2D eigenvalue weighted by Crippen LogP contribution is 2.42. The summed E-state index contributed by atoms with van der Waals surface area (Å²) in [4.78, 5) is 26.2. The summed E-state index contributed by atoms with van der Waals surface area (Å²) in [5.41, 5.74) is 1.71. The SMILES string of the molecule is Cn1nc2c(cc1=O)CN(C(=O)NC1CCC3CCCC3C1)CC2. The zero-order valence-corrected chi connectivity index (χ0v) is 14.3. The van der Waals surface area contributed by atoms with E-state index in [0.717, 1.165) is 35.9 Å². The lowest BCUT2D eigenvalue weighted by Gasteiger charge is -2.35. The number of hydrogen-bond acceptors (Lipinski definition) is 3. The number of aryl methyl sites for hydroxylation is 1. The second kappa shape index (κ2) is 6.22. The predicted molar refractivity (Wildman–Crippen MR) is 90.6 cm³/mol. The first-order chi connectivity index (χ1) is 11.6. The topological polar surface area (TPSA) is 67.2 Å². The highest BCUT2D eigenvalue weighted by molar-refractivity contribution is 5.74. The lowest BCUT2D eigenvalue weighted by molar-refractivity contribution is 0.172. The lowest BCUT2D eigenvalue weighted by atomic mass is 9.79. The number of aromatic nitrogens is 2. The van der Waals surface area contributed by atoms with Crippen LogP contribution in [0.25, 0.3) is 0 Å². The Hall–Kier alpha value is -1.85. The van der Waals surface area contributed by atoms with Gasteiger partial charge in [-0.15, -0.1) is 0 Å². The fourth-order valence-electron chi connectivity index (χ4n) is 4.77. The van der Waals surface area contributed by atoms with Gasteiger partial charge in [-0.3, -0.25) is 4.79 Å². The third-order valence-electron chi connectivity index (χ3n) is 6.14. The predicted octanol–water partition coefficient (Wildman–Crippen LogP) is 1.82. The first-order valence-corrected chi connectivity index (χ1v) is 9.21. The van der Waals surface area contributed by atoms with Crippen molar-refractivity contribution in [2.75, 3.05) is 6.54 Å². The van der Waals surface area contributed by atoms with Crippen LogP contribution in [0.4, 0.5) is 4.79 Å². The highest BCUT2D eigenvalue weighted by atomic mass is 16.2. The number of hydrogen-bond donors (Lipinski definition) is 1. The minimum absolute atomic E-state index is 0.0165. The van der Waals surface area contributed by atoms with Gasteiger partial charge < -0.3 is 10.2 Å². The minimum Gasteiger partial charge on any atom is -0.335 e. The number of nitrogens with zero attached hydrogens (tertiary/aromatic N) is 3. The van der Waals surface area contributed by atoms with Crippen molar-refractivity contribution < 1.29 is 4.79 Å². The molecule has 1 aromatic rings. The smallest absolute Gasteiger partial charge is 0.317 e. The molecule has 4 rings (SSSR count). The molecule has 24 heavy (non-hydrogen) atoms. The second-order valence-electron chi connectivity index (χ2n) is 7.66. The van der Waals surface area contributed by atoms with E-state index >= 15 is 0 Å². The third kappa shape index (κ3) is 2.94. The van der Waals surface area contributed by atoms with Crippen molar-refractivity contribution in [2.24, 2.45) is 18.9 Å². The molecule has 0 bridgehead atoms. The van der Waals surface area contributed by atoms with Crippen LogP contribution in [-0.2, 0) is 20.0 Å². The van der Waals surface area contributed by atoms with E-state index in [1.807, 2.05) is 4.90 Å². The van der Waals surface area contributed by atoms with Gasteiger partial charge in [0.15, 0.2) is 0 Å². The molecule has 2 aliphatic carbocycles. The van der Waals surface area contributed by atoms with Crippen LogP contribution in [0.2, 0.25) is 0 Å². The Kier molecular flexibility index (Phi) is 4.06. The van der Waals surface area contributed by atoms with Crippen LogP contribution < -0.4 is 10.9 Å². The Labute approximate surface area is 142 Å². The first kappa shape index (κ1) is 15.7. The largest absolute Gasteiger partial charge is 0.335 e. The average molecular weight is 330 g/mol. The van der Waals surface area contributed by atoms with Gasteiger partial charge in [-0.25, -0.2) is 9.48 Å². The van der Waals surface area contributed by atoms with E-state index in [4.69, 9.17) is 0 Å². The number of carbonyl (C=O) groups is 1. The second-order valence-corrected chi connectivity index (χ2v) is 7.66. The fraction of sp³-hybridized carbons (Fsp3) is 0.722. The van der Waals surface area contributed by atoms with Gasteiger partial charge in [0.1, 0.15) is 0 Å². The zero-order chi connectivity index (χ0) is 16.7. The summed E-state index contributed by atoms with van der Waals surface area (Å²) in [5.74, 6) is 1.72. The molecule has 6 nitrogen and oxygen atoms in total. The summed E-state index contributed by atoms with van der Waals surface area (Å²) in [7, 11) is 1.67. The van der Waals surface area contributed by atoms with Crippen molar-refractivity contribution in [2.45, 2.75) is 57.5 Å². The summed E-state index contributed by atoms with van der Waals surface area (Å²) in [6, 6.07) is 1.95. The molecular weight excluding hydrogens is 304 g/mol. The van der Waals surface area contributed by atoms with E-state index in [1.54, 1.807) is 13.1 Å². The number of fused-ring (bicyclic) bond motifs is 2. The van der Waals surface area contributed by atoms with Gasteiger partial charge in [0.2, 0.25) is 0 Å². The molecule has 3 atom stereocenters. The molecule has 1 N–H and O–H groups in total. The Morgan fingerprint density at radius 1 is 1.25 bits per heavy atom. The Morgan fingerprint density at radius 2 is 2.08 bits per heavy atom. The van der Waals surface area contributed by atoms with Crippen molar-refractivity contribution in [3.05, 3.63) is 27.7 Å². The molecule has 0 spiro atoms. The van der Waals surface area contributed by atoms with Crippen LogP contribution in [0.15, 0.2) is 10.9 Å². The molecule has 6 heteroatoms. The molecule has 1 aliphatic heterocycles. The molecule has 2 saturated carbocycles. The molecule has 3 unspecified atom stereocenters. The van der Waals surface area contributed by atoms with Crippen LogP contribution in [0, 0.1) is 11.8 Å². The minimum atomic E-state index is -0.115. The quantitative estimate of drug-likeness (QED) is 0.854. The number of amides is 2. The third-order valence-corrected chi connectivity index (χ3v) is 6.14. The van der Waals surface area contributed by atoms with Crippen LogP contribution in [0.3, 0.4) is 0 Å². The van der Waals surface area contributed by atoms with Crippen LogP contribution in [0.5, 0.6) is 0 Å². The Bertz CT molecular complexity index is 699. The van der Waals surface area contributed by atoms with Crippen molar-refractivity contribution in [3.8, 4) is 0 Å². The van der Waals surface area contributed by atoms with E-state index in [2.05, 4.69) is 10.4 Å². The van der Waals surface area contributed by atoms with Crippen molar-refractivity contribution in [3.63, 3.8) is 0 Å². The van der Waals surface area contributed by atoms with Gasteiger partial charge in [0.25, 0.3) is 5.56 Å². The normalized spacial score (nSPS) is 29.0. The molecule has 3 aliphatic rings. The molecule has 0 saturated heterocycles. The highest BCUT2D eigenvalue weighted by Gasteiger charge is 2.35. The fourth-order valence-corrected chi connectivity index (χ4v) is 4.77. The van der Waals surface area contributed by atoms with E-state index in [-0.39, 0.29) is 11.6 Å². The molecule has 2 heterocycles. The molecule has 0 radical (unpaired) electrons. The van der Waals surface area contributed by atoms with E-state index in [9.17, 15) is 9.59 Å². The van der Waals surface area contributed by atoms with Crippen LogP contribution in [-0.4, -0.2) is 33.3 Å². The van der Waals surface area contributed by atoms with Crippen molar-refractivity contribution >= 4 is 6.03 Å². The van der Waals surface area contributed by atoms with Crippen molar-refractivity contribution in [1.82, 2.24) is 20.0 Å². The average Bonchev–Trinajstić information content (AvgIpc) is 3.03. The summed E-state index contributed by atoms with van der Waals surface area (Å²) in [6.45, 7) is 1.16. The Balaban J connectivity index is 1.38. The van der Waals surface area contributed by atoms with Gasteiger partial charge >= 0.3 is 6.03 Å². The molecule has 1 aromatic heterocycles. The van der Waals surface area contributed by atoms with Gasteiger partial charge in [0, 0.05) is 44.2 Å². The van der Waals surface area contributed by atoms with Gasteiger partial charge in [0.05, 0.1) is 5.69 Å². The standard InChI is InChI=1S/C18H26N4O2/c1-21-17(23)10-14-11-22(8-7-16(14)20-21)18(24)19-15-6-5-12-3-2-4-13(12)9-15/h10,12-13,15H,2-9,11H2,1H3,(H,19,24). The van der Waals surface area contributed by atoms with Gasteiger partial charge in [-0.1, -0.05) is 19.3 Å². The zero-order valence-electron chi connectivity index (χ0n) is 14.3. The van der Waals surface area contributed by atoms with Gasteiger partial charge in [-0.05, 0) is 31.1 Å². The summed E-state index contributed by atoms with van der Waals surface area (Å²) < 4.78 is 1.37. The molecule has 0 aromatic carbocycles. The van der Waals surface area contributed by atoms with Crippen LogP contribution >= 0.6 is 0 Å². The Morgan fingerprint density at radius 3 is 2.96 bits per heavy atom. The summed E-state index contributed by atoms with van der Waals surface area (Å²) >= 11 is 0. The van der Waals surface area contributed by atoms with E-state index < -0.39 is 0 Å². The monoisotopic (exact) mass is 330 g/mol. The summed E-state index contributed by atoms with van der Waals surface area (Å²) in [6.07, 6.45) is 8.31. The van der Waals surface area contributed by atoms with E-state index in [1.165, 1.54) is 30.4 Å². The maximum absolute atomic E-state index is 12.6. The summed E-state index contributed by atoms with van der Waals surface area (Å²) in [5, 5.41) is 7.55. The molecule has 130 valence electrons. The number of urea groups is 1. The van der Waals surface area contributed by atoms with E-state index in [0.29, 0.717) is 25.6 Å². The first-order valence-electron chi connectivity index (χ1n) is 9.21. The van der Waals surface area contributed by atoms with Crippen LogP contribution in [0.1, 0.15) is 49.8 Å². The number of rotatable bonds is 1. The van der Waals surface area contributed by atoms with Crippen molar-refractivity contribution in [1.29, 1.82) is 0 Å². The molecular formula is C18H26N4O2. The number of carbonyl (C=O) groups excluding carboxylic acids is 1. The maximum Gasteiger partial charge on any atom is 0.317 e. The molecule has 2 fully saturated rings.